The van der Waals surface area contributed by atoms with Crippen molar-refractivity contribution in [2.45, 2.75) is 31.2 Å². The minimum absolute atomic E-state index is 0.0983. The van der Waals surface area contributed by atoms with Crippen molar-refractivity contribution in [1.82, 2.24) is 9.62 Å². The Bertz CT molecular complexity index is 631. The second-order valence-corrected chi connectivity index (χ2v) is 7.75. The highest BCUT2D eigenvalue weighted by Crippen LogP contribution is 2.25. The number of nitrogens with one attached hydrogen (secondary N) is 1. The van der Waals surface area contributed by atoms with Gasteiger partial charge in [-0.2, -0.15) is 4.31 Å². The predicted octanol–water partition coefficient (Wildman–Crippen LogP) is 1.66. The normalized spacial score (nSPS) is 20.1. The molecule has 0 spiro atoms. The minimum Gasteiger partial charge on any atom is -0.352 e. The highest BCUT2D eigenvalue weighted by atomic mass is 79.9. The standard InChI is InChI=1S/C13H17BrN2O3S/c1-9-7-12(3-4-13(9)14)20(18,19)16-6-5-11(8-16)15-10(2)17/h3-4,7,11H,5-6,8H2,1-2H3,(H,15,17). The molecule has 2 rings (SSSR count). The molecule has 0 aliphatic carbocycles. The fourth-order valence-corrected chi connectivity index (χ4v) is 4.11. The summed E-state index contributed by atoms with van der Waals surface area (Å²) in [5, 5.41) is 2.76. The van der Waals surface area contributed by atoms with Gasteiger partial charge in [0, 0.05) is 30.5 Å². The summed E-state index contributed by atoms with van der Waals surface area (Å²) in [6.45, 7) is 4.06. The van der Waals surface area contributed by atoms with E-state index in [4.69, 9.17) is 0 Å². The van der Waals surface area contributed by atoms with E-state index in [0.29, 0.717) is 24.4 Å². The van der Waals surface area contributed by atoms with Crippen molar-refractivity contribution >= 4 is 31.9 Å². The number of hydrogen-bond donors (Lipinski definition) is 1. The van der Waals surface area contributed by atoms with Gasteiger partial charge in [-0.05, 0) is 37.1 Å². The fourth-order valence-electron chi connectivity index (χ4n) is 2.28. The number of nitrogens with zero attached hydrogens (tertiary/aromatic N) is 1. The van der Waals surface area contributed by atoms with Gasteiger partial charge >= 0.3 is 0 Å². The smallest absolute Gasteiger partial charge is 0.243 e. The minimum atomic E-state index is -3.49. The van der Waals surface area contributed by atoms with E-state index < -0.39 is 10.0 Å². The lowest BCUT2D eigenvalue weighted by atomic mass is 10.2. The molecule has 1 aromatic rings. The maximum Gasteiger partial charge on any atom is 0.243 e. The Morgan fingerprint density at radius 1 is 1.45 bits per heavy atom. The maximum absolute atomic E-state index is 12.5. The van der Waals surface area contributed by atoms with Gasteiger partial charge < -0.3 is 5.32 Å². The zero-order valence-electron chi connectivity index (χ0n) is 11.4. The highest BCUT2D eigenvalue weighted by Gasteiger charge is 2.32. The molecule has 110 valence electrons. The average molecular weight is 361 g/mol. The van der Waals surface area contributed by atoms with Crippen LogP contribution in [0.3, 0.4) is 0 Å². The van der Waals surface area contributed by atoms with E-state index in [0.717, 1.165) is 10.0 Å². The third kappa shape index (κ3) is 3.21. The van der Waals surface area contributed by atoms with Crippen LogP contribution in [0.2, 0.25) is 0 Å². The molecule has 1 unspecified atom stereocenters. The third-order valence-electron chi connectivity index (χ3n) is 3.33. The number of carbonyl (C=O) groups is 1. The van der Waals surface area contributed by atoms with Gasteiger partial charge in [0.15, 0.2) is 0 Å². The summed E-state index contributed by atoms with van der Waals surface area (Å²) in [4.78, 5) is 11.3. The number of sulfonamides is 1. The number of benzene rings is 1. The van der Waals surface area contributed by atoms with Gasteiger partial charge in [0.1, 0.15) is 0 Å². The van der Waals surface area contributed by atoms with Gasteiger partial charge in [0.25, 0.3) is 0 Å². The lowest BCUT2D eigenvalue weighted by Gasteiger charge is -2.17. The predicted molar refractivity (Wildman–Crippen MR) is 79.9 cm³/mol. The number of hydrogen-bond acceptors (Lipinski definition) is 3. The molecule has 1 atom stereocenters. The van der Waals surface area contributed by atoms with Gasteiger partial charge in [0.2, 0.25) is 15.9 Å². The molecule has 1 amide bonds. The fraction of sp³-hybridized carbons (Fsp3) is 0.462. The van der Waals surface area contributed by atoms with Crippen molar-refractivity contribution in [3.63, 3.8) is 0 Å². The van der Waals surface area contributed by atoms with E-state index in [-0.39, 0.29) is 11.9 Å². The second kappa shape index (κ2) is 5.83. The summed E-state index contributed by atoms with van der Waals surface area (Å²) >= 11 is 3.36. The van der Waals surface area contributed by atoms with Gasteiger partial charge in [-0.25, -0.2) is 8.42 Å². The van der Waals surface area contributed by atoms with E-state index in [9.17, 15) is 13.2 Å². The van der Waals surface area contributed by atoms with Crippen LogP contribution in [0.15, 0.2) is 27.6 Å². The average Bonchev–Trinajstić information content (AvgIpc) is 2.80. The Balaban J connectivity index is 2.19. The summed E-state index contributed by atoms with van der Waals surface area (Å²) in [6.07, 6.45) is 0.647. The molecule has 1 aromatic carbocycles. The monoisotopic (exact) mass is 360 g/mol. The lowest BCUT2D eigenvalue weighted by molar-refractivity contribution is -0.119. The molecule has 1 fully saturated rings. The van der Waals surface area contributed by atoms with Crippen molar-refractivity contribution in [2.75, 3.05) is 13.1 Å². The largest absolute Gasteiger partial charge is 0.352 e. The van der Waals surface area contributed by atoms with E-state index in [2.05, 4.69) is 21.2 Å². The van der Waals surface area contributed by atoms with Crippen LogP contribution in [0.1, 0.15) is 18.9 Å². The third-order valence-corrected chi connectivity index (χ3v) is 6.08. The van der Waals surface area contributed by atoms with Crippen LogP contribution >= 0.6 is 15.9 Å². The Morgan fingerprint density at radius 3 is 2.75 bits per heavy atom. The summed E-state index contributed by atoms with van der Waals surface area (Å²) in [6, 6.07) is 4.89. The molecular weight excluding hydrogens is 344 g/mol. The first-order valence-corrected chi connectivity index (χ1v) is 8.57. The molecule has 0 saturated carbocycles. The van der Waals surface area contributed by atoms with Crippen molar-refractivity contribution in [3.05, 3.63) is 28.2 Å². The number of rotatable bonds is 3. The SMILES string of the molecule is CC(=O)NC1CCN(S(=O)(=O)c2ccc(Br)c(C)c2)C1. The molecule has 1 N–H and O–H groups in total. The van der Waals surface area contributed by atoms with Crippen molar-refractivity contribution in [3.8, 4) is 0 Å². The van der Waals surface area contributed by atoms with E-state index >= 15 is 0 Å². The Kier molecular flexibility index (Phi) is 4.51. The van der Waals surface area contributed by atoms with Crippen molar-refractivity contribution < 1.29 is 13.2 Å². The van der Waals surface area contributed by atoms with E-state index in [1.807, 2.05) is 6.92 Å². The number of halogens is 1. The van der Waals surface area contributed by atoms with Gasteiger partial charge in [0.05, 0.1) is 4.90 Å². The van der Waals surface area contributed by atoms with E-state index in [1.54, 1.807) is 18.2 Å². The molecule has 1 saturated heterocycles. The molecule has 5 nitrogen and oxygen atoms in total. The number of amides is 1. The summed E-state index contributed by atoms with van der Waals surface area (Å²) in [7, 11) is -3.49. The number of carbonyl (C=O) groups excluding carboxylic acids is 1. The molecule has 0 bridgehead atoms. The van der Waals surface area contributed by atoms with Gasteiger partial charge in [-0.1, -0.05) is 15.9 Å². The summed E-state index contributed by atoms with van der Waals surface area (Å²) in [5.74, 6) is -0.131. The van der Waals surface area contributed by atoms with Crippen LogP contribution < -0.4 is 5.32 Å². The zero-order chi connectivity index (χ0) is 14.9. The first kappa shape index (κ1) is 15.5. The first-order valence-electron chi connectivity index (χ1n) is 6.34. The van der Waals surface area contributed by atoms with Crippen LogP contribution in [0.25, 0.3) is 0 Å². The van der Waals surface area contributed by atoms with E-state index in [1.165, 1.54) is 11.2 Å². The zero-order valence-corrected chi connectivity index (χ0v) is 13.8. The quantitative estimate of drug-likeness (QED) is 0.891. The molecular formula is C13H17BrN2O3S. The Hall–Kier alpha value is -0.920. The molecule has 1 aliphatic rings. The highest BCUT2D eigenvalue weighted by molar-refractivity contribution is 9.10. The second-order valence-electron chi connectivity index (χ2n) is 4.96. The molecule has 1 aliphatic heterocycles. The van der Waals surface area contributed by atoms with Crippen LogP contribution in [-0.2, 0) is 14.8 Å². The van der Waals surface area contributed by atoms with Crippen LogP contribution in [-0.4, -0.2) is 37.8 Å². The van der Waals surface area contributed by atoms with Crippen molar-refractivity contribution in [1.29, 1.82) is 0 Å². The topological polar surface area (TPSA) is 66.5 Å². The lowest BCUT2D eigenvalue weighted by Crippen LogP contribution is -2.37. The molecule has 20 heavy (non-hydrogen) atoms. The first-order chi connectivity index (χ1) is 9.30. The molecule has 1 heterocycles. The summed E-state index contributed by atoms with van der Waals surface area (Å²) in [5.41, 5.74) is 0.878. The van der Waals surface area contributed by atoms with Gasteiger partial charge in [-0.15, -0.1) is 0 Å². The molecule has 0 radical (unpaired) electrons. The van der Waals surface area contributed by atoms with Crippen LogP contribution in [0, 0.1) is 6.92 Å². The van der Waals surface area contributed by atoms with Gasteiger partial charge in [-0.3, -0.25) is 4.79 Å². The maximum atomic E-state index is 12.5. The number of aryl methyl sites for hydroxylation is 1. The molecule has 7 heteroatoms. The Labute approximate surface area is 127 Å². The Morgan fingerprint density at radius 2 is 2.15 bits per heavy atom. The van der Waals surface area contributed by atoms with Crippen LogP contribution in [0.4, 0.5) is 0 Å². The molecule has 0 aromatic heterocycles. The van der Waals surface area contributed by atoms with Crippen LogP contribution in [0.5, 0.6) is 0 Å². The summed E-state index contributed by atoms with van der Waals surface area (Å²) < 4.78 is 27.4. The van der Waals surface area contributed by atoms with Crippen molar-refractivity contribution in [2.24, 2.45) is 0 Å².